The molecule has 1 saturated carbocycles. The number of rotatable bonds is 3. The second-order valence-corrected chi connectivity index (χ2v) is 5.27. The van der Waals surface area contributed by atoms with Crippen molar-refractivity contribution in [2.24, 2.45) is 5.92 Å². The zero-order valence-corrected chi connectivity index (χ0v) is 9.17. The third-order valence-corrected chi connectivity index (χ3v) is 3.83. The number of hydrogen-bond acceptors (Lipinski definition) is 2. The van der Waals surface area contributed by atoms with Crippen LogP contribution in [0, 0.1) is 5.92 Å². The Morgan fingerprint density at radius 3 is 2.64 bits per heavy atom. The summed E-state index contributed by atoms with van der Waals surface area (Å²) in [5.41, 5.74) is 0.0662. The van der Waals surface area contributed by atoms with Gasteiger partial charge in [-0.1, -0.05) is 19.3 Å². The maximum absolute atomic E-state index is 9.10. The minimum Gasteiger partial charge on any atom is -0.394 e. The minimum atomic E-state index is 0.0662. The van der Waals surface area contributed by atoms with Crippen LogP contribution in [0.4, 0.5) is 0 Å². The average molecular weight is 198 g/mol. The molecule has 14 heavy (non-hydrogen) atoms. The van der Waals surface area contributed by atoms with E-state index in [0.29, 0.717) is 0 Å². The molecule has 1 aliphatic heterocycles. The Morgan fingerprint density at radius 1 is 1.29 bits per heavy atom. The molecule has 0 aromatic carbocycles. The summed E-state index contributed by atoms with van der Waals surface area (Å²) in [6.07, 6.45) is 8.94. The van der Waals surface area contributed by atoms with Crippen molar-refractivity contribution in [1.29, 1.82) is 0 Å². The summed E-state index contributed by atoms with van der Waals surface area (Å²) in [6.45, 7) is 2.42. The van der Waals surface area contributed by atoms with E-state index in [2.05, 4.69) is 6.92 Å². The Morgan fingerprint density at radius 2 is 2.07 bits per heavy atom. The molecular weight excluding hydrogens is 176 g/mol. The quantitative estimate of drug-likeness (QED) is 0.755. The molecule has 0 spiro atoms. The van der Waals surface area contributed by atoms with Crippen molar-refractivity contribution >= 4 is 0 Å². The van der Waals surface area contributed by atoms with Crippen LogP contribution in [-0.2, 0) is 4.74 Å². The van der Waals surface area contributed by atoms with Gasteiger partial charge in [-0.05, 0) is 38.5 Å². The van der Waals surface area contributed by atoms with Gasteiger partial charge in [-0.15, -0.1) is 0 Å². The van der Waals surface area contributed by atoms with Crippen molar-refractivity contribution in [2.75, 3.05) is 6.61 Å². The van der Waals surface area contributed by atoms with Crippen molar-refractivity contribution in [3.63, 3.8) is 0 Å². The van der Waals surface area contributed by atoms with E-state index < -0.39 is 0 Å². The molecule has 0 amide bonds. The predicted octanol–water partition coefficient (Wildman–Crippen LogP) is 2.50. The van der Waals surface area contributed by atoms with Crippen LogP contribution in [0.25, 0.3) is 0 Å². The number of aliphatic hydroxyl groups excluding tert-OH is 1. The largest absolute Gasteiger partial charge is 0.394 e. The molecule has 0 aromatic rings. The molecule has 2 atom stereocenters. The molecule has 1 heterocycles. The fraction of sp³-hybridized carbons (Fsp3) is 1.00. The molecule has 2 nitrogen and oxygen atoms in total. The molecule has 0 bridgehead atoms. The van der Waals surface area contributed by atoms with Crippen LogP contribution >= 0.6 is 0 Å². The van der Waals surface area contributed by atoms with Gasteiger partial charge in [-0.3, -0.25) is 0 Å². The molecule has 2 fully saturated rings. The van der Waals surface area contributed by atoms with Gasteiger partial charge < -0.3 is 9.84 Å². The van der Waals surface area contributed by atoms with E-state index in [1.807, 2.05) is 0 Å². The van der Waals surface area contributed by atoms with Crippen molar-refractivity contribution in [2.45, 2.75) is 63.6 Å². The molecule has 0 radical (unpaired) electrons. The van der Waals surface area contributed by atoms with Crippen LogP contribution < -0.4 is 0 Å². The molecule has 0 aromatic heterocycles. The summed E-state index contributed by atoms with van der Waals surface area (Å²) in [7, 11) is 0. The van der Waals surface area contributed by atoms with Gasteiger partial charge in [0.15, 0.2) is 0 Å². The van der Waals surface area contributed by atoms with Gasteiger partial charge in [0.05, 0.1) is 18.3 Å². The molecule has 1 saturated heterocycles. The molecule has 82 valence electrons. The summed E-state index contributed by atoms with van der Waals surface area (Å²) < 4.78 is 5.98. The summed E-state index contributed by atoms with van der Waals surface area (Å²) in [5.74, 6) is 0.900. The van der Waals surface area contributed by atoms with Crippen LogP contribution in [0.3, 0.4) is 0 Å². The van der Waals surface area contributed by atoms with Gasteiger partial charge in [-0.25, -0.2) is 0 Å². The molecule has 2 aliphatic rings. The first-order valence-corrected chi connectivity index (χ1v) is 6.00. The van der Waals surface area contributed by atoms with Gasteiger partial charge in [-0.2, -0.15) is 0 Å². The lowest BCUT2D eigenvalue weighted by molar-refractivity contribution is -0.145. The van der Waals surface area contributed by atoms with Gasteiger partial charge in [0.25, 0.3) is 0 Å². The van der Waals surface area contributed by atoms with E-state index in [1.165, 1.54) is 38.5 Å². The van der Waals surface area contributed by atoms with E-state index in [-0.39, 0.29) is 18.3 Å². The van der Waals surface area contributed by atoms with E-state index >= 15 is 0 Å². The lowest BCUT2D eigenvalue weighted by atomic mass is 9.75. The maximum atomic E-state index is 9.10. The van der Waals surface area contributed by atoms with E-state index in [4.69, 9.17) is 9.84 Å². The minimum absolute atomic E-state index is 0.0662. The Bertz CT molecular complexity index is 185. The molecule has 2 heteroatoms. The third kappa shape index (κ3) is 2.29. The highest BCUT2D eigenvalue weighted by molar-refractivity contribution is 4.86. The second kappa shape index (κ2) is 4.19. The Balaban J connectivity index is 1.85. The van der Waals surface area contributed by atoms with Crippen LogP contribution in [-0.4, -0.2) is 23.4 Å². The van der Waals surface area contributed by atoms with Crippen molar-refractivity contribution in [3.8, 4) is 0 Å². The van der Waals surface area contributed by atoms with Crippen LogP contribution in [0.1, 0.15) is 51.9 Å². The van der Waals surface area contributed by atoms with Crippen molar-refractivity contribution < 1.29 is 9.84 Å². The first-order valence-electron chi connectivity index (χ1n) is 6.00. The van der Waals surface area contributed by atoms with Crippen molar-refractivity contribution in [3.05, 3.63) is 0 Å². The fourth-order valence-corrected chi connectivity index (χ4v) is 2.81. The molecular formula is C12H22O2. The van der Waals surface area contributed by atoms with Crippen LogP contribution in [0.2, 0.25) is 0 Å². The van der Waals surface area contributed by atoms with Gasteiger partial charge in [0.2, 0.25) is 0 Å². The van der Waals surface area contributed by atoms with E-state index in [9.17, 15) is 0 Å². The lowest BCUT2D eigenvalue weighted by Gasteiger charge is -2.42. The van der Waals surface area contributed by atoms with E-state index in [0.717, 1.165) is 12.3 Å². The summed E-state index contributed by atoms with van der Waals surface area (Å²) >= 11 is 0. The first kappa shape index (κ1) is 10.4. The predicted molar refractivity (Wildman–Crippen MR) is 56.2 cm³/mol. The zero-order chi connectivity index (χ0) is 10.0. The lowest BCUT2D eigenvalue weighted by Crippen LogP contribution is -2.41. The third-order valence-electron chi connectivity index (χ3n) is 3.83. The van der Waals surface area contributed by atoms with Crippen LogP contribution in [0.15, 0.2) is 0 Å². The number of ether oxygens (including phenoxy) is 1. The first-order chi connectivity index (χ1) is 6.72. The molecule has 1 N–H and O–H groups in total. The Labute approximate surface area is 86.6 Å². The highest BCUT2D eigenvalue weighted by atomic mass is 16.5. The van der Waals surface area contributed by atoms with Gasteiger partial charge >= 0.3 is 0 Å². The standard InChI is InChI=1S/C12H22O2/c1-12(8-10-4-2-5-10)7-3-6-11(9-13)14-12/h10-11,13H,2-9H2,1H3. The highest BCUT2D eigenvalue weighted by Gasteiger charge is 2.36. The smallest absolute Gasteiger partial charge is 0.0813 e. The molecule has 2 unspecified atom stereocenters. The number of aliphatic hydroxyl groups is 1. The Hall–Kier alpha value is -0.0800. The second-order valence-electron chi connectivity index (χ2n) is 5.27. The number of hydrogen-bond donors (Lipinski definition) is 1. The van der Waals surface area contributed by atoms with Crippen molar-refractivity contribution in [1.82, 2.24) is 0 Å². The monoisotopic (exact) mass is 198 g/mol. The maximum Gasteiger partial charge on any atom is 0.0813 e. The van der Waals surface area contributed by atoms with Crippen LogP contribution in [0.5, 0.6) is 0 Å². The van der Waals surface area contributed by atoms with Gasteiger partial charge in [0.1, 0.15) is 0 Å². The SMILES string of the molecule is CC1(CC2CCC2)CCCC(CO)O1. The summed E-state index contributed by atoms with van der Waals surface area (Å²) in [6, 6.07) is 0. The molecule has 1 aliphatic carbocycles. The zero-order valence-electron chi connectivity index (χ0n) is 9.17. The summed E-state index contributed by atoms with van der Waals surface area (Å²) in [4.78, 5) is 0. The van der Waals surface area contributed by atoms with E-state index in [1.54, 1.807) is 0 Å². The highest BCUT2D eigenvalue weighted by Crippen LogP contribution is 2.40. The topological polar surface area (TPSA) is 29.5 Å². The molecule has 2 rings (SSSR count). The summed E-state index contributed by atoms with van der Waals surface area (Å²) in [5, 5.41) is 9.10. The normalized spacial score (nSPS) is 39.4. The average Bonchev–Trinajstić information content (AvgIpc) is 2.12. The van der Waals surface area contributed by atoms with Gasteiger partial charge in [0, 0.05) is 0 Å². The Kier molecular flexibility index (Phi) is 3.13. The fourth-order valence-electron chi connectivity index (χ4n) is 2.81.